The van der Waals surface area contributed by atoms with Crippen molar-refractivity contribution in [2.75, 3.05) is 0 Å². The molecule has 6 heteroatoms. The highest BCUT2D eigenvalue weighted by Gasteiger charge is 2.53. The van der Waals surface area contributed by atoms with E-state index in [9.17, 15) is 19.2 Å². The molecule has 0 bridgehead atoms. The number of hydrogen-bond acceptors (Lipinski definition) is 6. The van der Waals surface area contributed by atoms with E-state index in [1.807, 2.05) is 6.08 Å². The number of allylic oxidation sites excluding steroid dienone is 1. The molecule has 2 aliphatic heterocycles. The molecule has 0 radical (unpaired) electrons. The van der Waals surface area contributed by atoms with E-state index in [-0.39, 0.29) is 29.7 Å². The highest BCUT2D eigenvalue weighted by molar-refractivity contribution is 6.00. The summed E-state index contributed by atoms with van der Waals surface area (Å²) in [7, 11) is 0. The number of unbranched alkanes of at least 4 members (excludes halogenated alkanes) is 9. The zero-order valence-corrected chi connectivity index (χ0v) is 19.2. The van der Waals surface area contributed by atoms with Crippen LogP contribution in [-0.4, -0.2) is 23.9 Å². The van der Waals surface area contributed by atoms with Crippen LogP contribution in [0.3, 0.4) is 0 Å². The van der Waals surface area contributed by atoms with Crippen molar-refractivity contribution < 1.29 is 28.7 Å². The second kappa shape index (κ2) is 12.8. The Morgan fingerprint density at radius 2 is 1.48 bits per heavy atom. The topological polar surface area (TPSA) is 86.7 Å². The number of rotatable bonds is 11. The van der Waals surface area contributed by atoms with Crippen LogP contribution in [0.2, 0.25) is 0 Å². The Labute approximate surface area is 186 Å². The van der Waals surface area contributed by atoms with E-state index in [0.29, 0.717) is 6.42 Å². The van der Waals surface area contributed by atoms with Crippen molar-refractivity contribution in [3.63, 3.8) is 0 Å². The van der Waals surface area contributed by atoms with Gasteiger partial charge in [0.25, 0.3) is 0 Å². The van der Waals surface area contributed by atoms with Gasteiger partial charge in [-0.1, -0.05) is 83.3 Å². The second-order valence-electron chi connectivity index (χ2n) is 9.19. The number of esters is 4. The predicted octanol–water partition coefficient (Wildman–Crippen LogP) is 5.43. The van der Waals surface area contributed by atoms with E-state index in [4.69, 9.17) is 0 Å². The summed E-state index contributed by atoms with van der Waals surface area (Å²) >= 11 is 0. The minimum Gasteiger partial charge on any atom is -0.393 e. The fourth-order valence-electron chi connectivity index (χ4n) is 4.47. The molecule has 1 aliphatic carbocycles. The molecule has 0 aromatic heterocycles. The van der Waals surface area contributed by atoms with Gasteiger partial charge < -0.3 is 9.47 Å². The molecule has 0 spiro atoms. The molecule has 2 fully saturated rings. The van der Waals surface area contributed by atoms with Gasteiger partial charge in [-0.25, -0.2) is 0 Å². The summed E-state index contributed by atoms with van der Waals surface area (Å²) in [5.74, 6) is -1.79. The molecular formula is C25H38O6. The van der Waals surface area contributed by atoms with Crippen LogP contribution in [0.15, 0.2) is 12.2 Å². The molecule has 6 nitrogen and oxygen atoms in total. The largest absolute Gasteiger partial charge is 0.393 e. The molecule has 3 atom stereocenters. The van der Waals surface area contributed by atoms with Gasteiger partial charge in [0.1, 0.15) is 0 Å². The molecule has 174 valence electrons. The first-order chi connectivity index (χ1) is 14.9. The third kappa shape index (κ3) is 7.58. The van der Waals surface area contributed by atoms with Crippen LogP contribution in [0.1, 0.15) is 104 Å². The third-order valence-corrected chi connectivity index (χ3v) is 6.59. The number of ether oxygens (including phenoxy) is 2. The van der Waals surface area contributed by atoms with E-state index >= 15 is 0 Å². The normalized spacial score (nSPS) is 26.9. The van der Waals surface area contributed by atoms with Crippen LogP contribution >= 0.6 is 0 Å². The number of cyclic esters (lactones) is 4. The summed E-state index contributed by atoms with van der Waals surface area (Å²) in [5, 5.41) is 0. The van der Waals surface area contributed by atoms with Crippen LogP contribution in [-0.2, 0) is 28.7 Å². The molecule has 0 aromatic rings. The van der Waals surface area contributed by atoms with Gasteiger partial charge in [0, 0.05) is 0 Å². The van der Waals surface area contributed by atoms with Crippen LogP contribution in [0.25, 0.3) is 0 Å². The Bertz CT molecular complexity index is 667. The summed E-state index contributed by atoms with van der Waals surface area (Å²) in [6.07, 6.45) is 19.4. The Balaban J connectivity index is 0.000000242. The zero-order valence-electron chi connectivity index (χ0n) is 19.2. The van der Waals surface area contributed by atoms with Crippen molar-refractivity contribution >= 4 is 23.9 Å². The Morgan fingerprint density at radius 3 is 2.03 bits per heavy atom. The van der Waals surface area contributed by atoms with Crippen molar-refractivity contribution in [2.24, 2.45) is 17.3 Å². The smallest absolute Gasteiger partial charge is 0.324 e. The number of carbonyl (C=O) groups is 4. The van der Waals surface area contributed by atoms with Crippen molar-refractivity contribution in [3.05, 3.63) is 12.2 Å². The highest BCUT2D eigenvalue weighted by atomic mass is 16.6. The van der Waals surface area contributed by atoms with Gasteiger partial charge in [0.05, 0.1) is 23.7 Å². The lowest BCUT2D eigenvalue weighted by atomic mass is 9.73. The molecule has 0 N–H and O–H groups in total. The van der Waals surface area contributed by atoms with E-state index in [0.717, 1.165) is 25.7 Å². The average molecular weight is 435 g/mol. The van der Waals surface area contributed by atoms with Crippen molar-refractivity contribution in [1.29, 1.82) is 0 Å². The first kappa shape index (κ1) is 25.3. The van der Waals surface area contributed by atoms with Crippen LogP contribution in [0, 0.1) is 17.3 Å². The molecule has 0 aromatic carbocycles. The lowest BCUT2D eigenvalue weighted by Crippen LogP contribution is -2.30. The summed E-state index contributed by atoms with van der Waals surface area (Å²) < 4.78 is 9.12. The lowest BCUT2D eigenvalue weighted by molar-refractivity contribution is -0.155. The molecule has 3 aliphatic rings. The summed E-state index contributed by atoms with van der Waals surface area (Å²) in [6, 6.07) is 0. The highest BCUT2D eigenvalue weighted by Crippen LogP contribution is 2.43. The minimum atomic E-state index is -0.671. The van der Waals surface area contributed by atoms with Gasteiger partial charge in [-0.05, 0) is 26.2 Å². The van der Waals surface area contributed by atoms with E-state index < -0.39 is 11.4 Å². The van der Waals surface area contributed by atoms with Crippen LogP contribution in [0.5, 0.6) is 0 Å². The molecule has 31 heavy (non-hydrogen) atoms. The Hall–Kier alpha value is -1.98. The number of carbonyl (C=O) groups excluding carboxylic acids is 4. The Morgan fingerprint density at radius 1 is 0.871 bits per heavy atom. The van der Waals surface area contributed by atoms with Crippen LogP contribution < -0.4 is 0 Å². The summed E-state index contributed by atoms with van der Waals surface area (Å²) in [5.41, 5.74) is -0.671. The number of hydrogen-bond donors (Lipinski definition) is 0. The van der Waals surface area contributed by atoms with Crippen molar-refractivity contribution in [3.8, 4) is 0 Å². The third-order valence-electron chi connectivity index (χ3n) is 6.59. The molecule has 0 amide bonds. The molecule has 3 rings (SSSR count). The molecule has 3 unspecified atom stereocenters. The van der Waals surface area contributed by atoms with E-state index in [1.165, 1.54) is 57.8 Å². The summed E-state index contributed by atoms with van der Waals surface area (Å²) in [4.78, 5) is 44.5. The molecule has 2 saturated heterocycles. The van der Waals surface area contributed by atoms with Gasteiger partial charge in [-0.15, -0.1) is 0 Å². The lowest BCUT2D eigenvalue weighted by Gasteiger charge is -2.24. The van der Waals surface area contributed by atoms with Crippen LogP contribution in [0.4, 0.5) is 0 Å². The first-order valence-corrected chi connectivity index (χ1v) is 12.1. The number of fused-ring (bicyclic) bond motifs is 1. The van der Waals surface area contributed by atoms with E-state index in [2.05, 4.69) is 16.4 Å². The van der Waals surface area contributed by atoms with Gasteiger partial charge in [-0.2, -0.15) is 0 Å². The molecular weight excluding hydrogens is 396 g/mol. The van der Waals surface area contributed by atoms with Gasteiger partial charge >= 0.3 is 23.9 Å². The first-order valence-electron chi connectivity index (χ1n) is 12.1. The fourth-order valence-corrected chi connectivity index (χ4v) is 4.47. The SMILES string of the molecule is CC12C=CCCC1C(=O)OC2=O.CCCCCCCCCCCCC1CC(=O)OC1=O. The van der Waals surface area contributed by atoms with E-state index in [1.54, 1.807) is 13.0 Å². The molecule has 0 saturated carbocycles. The van der Waals surface area contributed by atoms with Gasteiger partial charge in [0.15, 0.2) is 0 Å². The fraction of sp³-hybridized carbons (Fsp3) is 0.760. The molecule has 2 heterocycles. The minimum absolute atomic E-state index is 0.151. The predicted molar refractivity (Wildman–Crippen MR) is 117 cm³/mol. The Kier molecular flexibility index (Phi) is 10.4. The van der Waals surface area contributed by atoms with Crippen molar-refractivity contribution in [1.82, 2.24) is 0 Å². The van der Waals surface area contributed by atoms with Gasteiger partial charge in [0.2, 0.25) is 0 Å². The monoisotopic (exact) mass is 434 g/mol. The maximum absolute atomic E-state index is 11.2. The zero-order chi connectivity index (χ0) is 22.7. The second-order valence-corrected chi connectivity index (χ2v) is 9.19. The maximum atomic E-state index is 11.2. The average Bonchev–Trinajstić information content (AvgIpc) is 3.18. The van der Waals surface area contributed by atoms with Crippen molar-refractivity contribution in [2.45, 2.75) is 104 Å². The summed E-state index contributed by atoms with van der Waals surface area (Å²) in [6.45, 7) is 4.01. The van der Waals surface area contributed by atoms with Gasteiger partial charge in [-0.3, -0.25) is 19.2 Å². The maximum Gasteiger partial charge on any atom is 0.324 e. The quantitative estimate of drug-likeness (QED) is 0.186. The standard InChI is InChI=1S/C16H28O3.C9H10O3/c1-2-3-4-5-6-7-8-9-10-11-12-14-13-15(17)19-16(14)18;1-9-5-3-2-4-6(9)7(10)12-8(9)11/h14H,2-13H2,1H3;3,5-6H,2,4H2,1H3.